The van der Waals surface area contributed by atoms with Gasteiger partial charge in [0.1, 0.15) is 0 Å². The van der Waals surface area contributed by atoms with Gasteiger partial charge in [0.25, 0.3) is 0 Å². The predicted molar refractivity (Wildman–Crippen MR) is 106 cm³/mol. The maximum atomic E-state index is 12.3. The van der Waals surface area contributed by atoms with Gasteiger partial charge in [-0.25, -0.2) is 4.79 Å². The number of carbonyl (C=O) groups is 2. The molecule has 1 heterocycles. The van der Waals surface area contributed by atoms with E-state index in [1.807, 2.05) is 42.5 Å². The summed E-state index contributed by atoms with van der Waals surface area (Å²) in [6.07, 6.45) is 3.04. The molecule has 0 radical (unpaired) electrons. The zero-order valence-corrected chi connectivity index (χ0v) is 15.1. The highest BCUT2D eigenvalue weighted by atomic mass is 16.2. The lowest BCUT2D eigenvalue weighted by atomic mass is 10.0. The van der Waals surface area contributed by atoms with Crippen LogP contribution in [0.5, 0.6) is 0 Å². The number of hydrogen-bond donors (Lipinski definition) is 3. The first kappa shape index (κ1) is 18.5. The molecule has 0 aliphatic carbocycles. The van der Waals surface area contributed by atoms with Crippen LogP contribution in [0.4, 0.5) is 4.79 Å². The number of urea groups is 1. The molecule has 3 amide bonds. The van der Waals surface area contributed by atoms with Gasteiger partial charge >= 0.3 is 6.03 Å². The maximum Gasteiger partial charge on any atom is 0.312 e. The Labute approximate surface area is 158 Å². The molecule has 6 nitrogen and oxygen atoms in total. The summed E-state index contributed by atoms with van der Waals surface area (Å²) < 4.78 is 2.18. The van der Waals surface area contributed by atoms with Crippen molar-refractivity contribution in [3.05, 3.63) is 72.4 Å². The van der Waals surface area contributed by atoms with Gasteiger partial charge in [0.15, 0.2) is 0 Å². The molecular weight excluding hydrogens is 340 g/mol. The first-order valence-electron chi connectivity index (χ1n) is 9.05. The van der Waals surface area contributed by atoms with Crippen LogP contribution in [0, 0.1) is 0 Å². The number of carbonyl (C=O) groups excluding carboxylic acids is 2. The molecular formula is C21H24N4O2. The summed E-state index contributed by atoms with van der Waals surface area (Å²) in [5.41, 5.74) is 7.29. The lowest BCUT2D eigenvalue weighted by Crippen LogP contribution is -2.37. The Morgan fingerprint density at radius 2 is 1.74 bits per heavy atom. The molecule has 3 rings (SSSR count). The fraction of sp³-hybridized carbons (Fsp3) is 0.238. The number of rotatable bonds is 8. The second-order valence-electron chi connectivity index (χ2n) is 6.45. The van der Waals surface area contributed by atoms with Crippen LogP contribution in [0.3, 0.4) is 0 Å². The van der Waals surface area contributed by atoms with Crippen molar-refractivity contribution in [3.8, 4) is 0 Å². The zero-order chi connectivity index (χ0) is 19.1. The SMILES string of the molecule is NC(=O)N[C@@H](CC(=O)NCCCn1ccc2ccccc21)c1ccccc1. The van der Waals surface area contributed by atoms with E-state index in [9.17, 15) is 9.59 Å². The summed E-state index contributed by atoms with van der Waals surface area (Å²) in [6, 6.07) is 18.6. The van der Waals surface area contributed by atoms with Crippen LogP contribution >= 0.6 is 0 Å². The van der Waals surface area contributed by atoms with Gasteiger partial charge in [-0.05, 0) is 29.5 Å². The highest BCUT2D eigenvalue weighted by molar-refractivity contribution is 5.80. The van der Waals surface area contributed by atoms with Crippen molar-refractivity contribution < 1.29 is 9.59 Å². The van der Waals surface area contributed by atoms with E-state index in [1.54, 1.807) is 0 Å². The number of aromatic nitrogens is 1. The van der Waals surface area contributed by atoms with Crippen LogP contribution in [0.1, 0.15) is 24.4 Å². The zero-order valence-electron chi connectivity index (χ0n) is 15.1. The molecule has 3 aromatic rings. The van der Waals surface area contributed by atoms with Crippen LogP contribution < -0.4 is 16.4 Å². The van der Waals surface area contributed by atoms with Crippen LogP contribution in [0.15, 0.2) is 66.9 Å². The molecule has 2 aromatic carbocycles. The van der Waals surface area contributed by atoms with Crippen molar-refractivity contribution in [1.82, 2.24) is 15.2 Å². The van der Waals surface area contributed by atoms with Crippen LogP contribution in [-0.4, -0.2) is 23.1 Å². The monoisotopic (exact) mass is 364 g/mol. The van der Waals surface area contributed by atoms with Gasteiger partial charge in [-0.2, -0.15) is 0 Å². The number of nitrogens with two attached hydrogens (primary N) is 1. The molecule has 0 saturated heterocycles. The minimum absolute atomic E-state index is 0.116. The fourth-order valence-corrected chi connectivity index (χ4v) is 3.18. The van der Waals surface area contributed by atoms with E-state index >= 15 is 0 Å². The lowest BCUT2D eigenvalue weighted by molar-refractivity contribution is -0.121. The maximum absolute atomic E-state index is 12.3. The number of aryl methyl sites for hydroxylation is 1. The summed E-state index contributed by atoms with van der Waals surface area (Å²) in [4.78, 5) is 23.5. The first-order chi connectivity index (χ1) is 13.1. The van der Waals surface area contributed by atoms with Crippen LogP contribution in [-0.2, 0) is 11.3 Å². The molecule has 1 aromatic heterocycles. The van der Waals surface area contributed by atoms with Crippen LogP contribution in [0.2, 0.25) is 0 Å². The smallest absolute Gasteiger partial charge is 0.312 e. The number of para-hydroxylation sites is 1. The Hall–Kier alpha value is -3.28. The third-order valence-corrected chi connectivity index (χ3v) is 4.49. The van der Waals surface area contributed by atoms with E-state index in [2.05, 4.69) is 39.6 Å². The summed E-state index contributed by atoms with van der Waals surface area (Å²) >= 11 is 0. The summed E-state index contributed by atoms with van der Waals surface area (Å²) in [7, 11) is 0. The highest BCUT2D eigenvalue weighted by Gasteiger charge is 2.16. The number of amides is 3. The molecule has 0 bridgehead atoms. The third-order valence-electron chi connectivity index (χ3n) is 4.49. The topological polar surface area (TPSA) is 89.2 Å². The van der Waals surface area contributed by atoms with Gasteiger partial charge < -0.3 is 20.9 Å². The number of nitrogens with one attached hydrogen (secondary N) is 2. The quantitative estimate of drug-likeness (QED) is 0.537. The van der Waals surface area contributed by atoms with E-state index in [-0.39, 0.29) is 12.3 Å². The van der Waals surface area contributed by atoms with E-state index in [1.165, 1.54) is 10.9 Å². The third kappa shape index (κ3) is 5.10. The number of nitrogens with zero attached hydrogens (tertiary/aromatic N) is 1. The van der Waals surface area contributed by atoms with Gasteiger partial charge in [0.2, 0.25) is 5.91 Å². The minimum atomic E-state index is -0.642. The Morgan fingerprint density at radius 3 is 2.52 bits per heavy atom. The second kappa shape index (κ2) is 8.89. The van der Waals surface area contributed by atoms with Crippen molar-refractivity contribution in [2.45, 2.75) is 25.4 Å². The van der Waals surface area contributed by atoms with E-state index < -0.39 is 12.1 Å². The molecule has 1 atom stereocenters. The van der Waals surface area contributed by atoms with Crippen LogP contribution in [0.25, 0.3) is 10.9 Å². The molecule has 140 valence electrons. The van der Waals surface area contributed by atoms with E-state index in [4.69, 9.17) is 5.73 Å². The summed E-state index contributed by atoms with van der Waals surface area (Å²) in [6.45, 7) is 1.40. The lowest BCUT2D eigenvalue weighted by Gasteiger charge is -2.17. The normalized spacial score (nSPS) is 11.9. The van der Waals surface area contributed by atoms with Crippen molar-refractivity contribution in [2.24, 2.45) is 5.73 Å². The van der Waals surface area contributed by atoms with Gasteiger partial charge in [-0.1, -0.05) is 48.5 Å². The molecule has 0 unspecified atom stereocenters. The van der Waals surface area contributed by atoms with Gasteiger partial charge in [-0.15, -0.1) is 0 Å². The van der Waals surface area contributed by atoms with E-state index in [0.29, 0.717) is 6.54 Å². The molecule has 0 aliphatic rings. The summed E-state index contributed by atoms with van der Waals surface area (Å²) in [5.74, 6) is -0.116. The van der Waals surface area contributed by atoms with Gasteiger partial charge in [-0.3, -0.25) is 4.79 Å². The highest BCUT2D eigenvalue weighted by Crippen LogP contribution is 2.17. The second-order valence-corrected chi connectivity index (χ2v) is 6.45. The largest absolute Gasteiger partial charge is 0.356 e. The van der Waals surface area contributed by atoms with E-state index in [0.717, 1.165) is 18.5 Å². The number of hydrogen-bond acceptors (Lipinski definition) is 2. The Morgan fingerprint density at radius 1 is 1.00 bits per heavy atom. The average molecular weight is 364 g/mol. The fourth-order valence-electron chi connectivity index (χ4n) is 3.18. The molecule has 0 saturated carbocycles. The summed E-state index contributed by atoms with van der Waals surface area (Å²) in [5, 5.41) is 6.77. The van der Waals surface area contributed by atoms with Gasteiger partial charge in [0, 0.05) is 24.8 Å². The first-order valence-corrected chi connectivity index (χ1v) is 9.05. The standard InChI is InChI=1S/C21H24N4O2/c22-21(27)24-18(16-7-2-1-3-8-16)15-20(26)23-12-6-13-25-14-11-17-9-4-5-10-19(17)25/h1-5,7-11,14,18H,6,12-13,15H2,(H,23,26)(H3,22,24,27)/t18-/m0/s1. The minimum Gasteiger partial charge on any atom is -0.356 e. The van der Waals surface area contributed by atoms with Gasteiger partial charge in [0.05, 0.1) is 12.5 Å². The molecule has 6 heteroatoms. The predicted octanol–water partition coefficient (Wildman–Crippen LogP) is 2.95. The van der Waals surface area contributed by atoms with Crippen molar-refractivity contribution >= 4 is 22.8 Å². The Kier molecular flexibility index (Phi) is 6.10. The average Bonchev–Trinajstić information content (AvgIpc) is 3.08. The van der Waals surface area contributed by atoms with Crippen molar-refractivity contribution in [1.29, 1.82) is 0 Å². The van der Waals surface area contributed by atoms with Crippen molar-refractivity contribution in [3.63, 3.8) is 0 Å². The van der Waals surface area contributed by atoms with Crippen molar-refractivity contribution in [2.75, 3.05) is 6.54 Å². The molecule has 0 fully saturated rings. The number of primary amides is 1. The number of benzene rings is 2. The molecule has 4 N–H and O–H groups in total. The number of fused-ring (bicyclic) bond motifs is 1. The molecule has 0 aliphatic heterocycles. The Bertz CT molecular complexity index is 905. The molecule has 27 heavy (non-hydrogen) atoms. The molecule has 0 spiro atoms. The Balaban J connectivity index is 1.48.